The number of carbonyl (C=O) groups is 1. The number of rotatable bonds is 4. The SMILES string of the molecule is Cc1ccc(S(=O)(=O)Nc2c(C(N)=O)oc3ccccc23)cc1C. The van der Waals surface area contributed by atoms with Crippen LogP contribution in [-0.4, -0.2) is 14.3 Å². The smallest absolute Gasteiger partial charge is 0.286 e. The first-order valence-electron chi connectivity index (χ1n) is 7.21. The number of sulfonamides is 1. The van der Waals surface area contributed by atoms with E-state index < -0.39 is 15.9 Å². The van der Waals surface area contributed by atoms with Crippen LogP contribution in [0.15, 0.2) is 51.8 Å². The summed E-state index contributed by atoms with van der Waals surface area (Å²) < 4.78 is 33.2. The molecule has 1 amide bonds. The van der Waals surface area contributed by atoms with Crippen molar-refractivity contribution in [2.45, 2.75) is 18.7 Å². The van der Waals surface area contributed by atoms with Crippen molar-refractivity contribution in [2.24, 2.45) is 5.73 Å². The van der Waals surface area contributed by atoms with Gasteiger partial charge in [0.05, 0.1) is 4.90 Å². The fourth-order valence-corrected chi connectivity index (χ4v) is 3.56. The van der Waals surface area contributed by atoms with Gasteiger partial charge in [-0.15, -0.1) is 0 Å². The van der Waals surface area contributed by atoms with E-state index in [4.69, 9.17) is 10.2 Å². The van der Waals surface area contributed by atoms with E-state index in [0.717, 1.165) is 11.1 Å². The number of amides is 1. The lowest BCUT2D eigenvalue weighted by molar-refractivity contribution is 0.0977. The molecule has 3 N–H and O–H groups in total. The van der Waals surface area contributed by atoms with E-state index in [2.05, 4.69) is 4.72 Å². The van der Waals surface area contributed by atoms with Crippen LogP contribution in [0.3, 0.4) is 0 Å². The molecule has 0 radical (unpaired) electrons. The maximum atomic E-state index is 12.7. The normalized spacial score (nSPS) is 11.6. The maximum Gasteiger partial charge on any atom is 0.286 e. The molecular formula is C17H16N2O4S. The Balaban J connectivity index is 2.13. The van der Waals surface area contributed by atoms with Crippen LogP contribution in [0.25, 0.3) is 11.0 Å². The minimum atomic E-state index is -3.89. The van der Waals surface area contributed by atoms with Crippen LogP contribution in [0.1, 0.15) is 21.7 Å². The topological polar surface area (TPSA) is 102 Å². The molecule has 3 aromatic rings. The number of benzene rings is 2. The molecule has 0 aliphatic carbocycles. The number of aryl methyl sites for hydroxylation is 2. The molecule has 3 rings (SSSR count). The predicted molar refractivity (Wildman–Crippen MR) is 91.5 cm³/mol. The highest BCUT2D eigenvalue weighted by atomic mass is 32.2. The Bertz CT molecular complexity index is 1050. The highest BCUT2D eigenvalue weighted by Crippen LogP contribution is 2.32. The summed E-state index contributed by atoms with van der Waals surface area (Å²) in [5.74, 6) is -1.06. The average molecular weight is 344 g/mol. The van der Waals surface area contributed by atoms with Crippen molar-refractivity contribution in [1.82, 2.24) is 0 Å². The van der Waals surface area contributed by atoms with E-state index in [1.165, 1.54) is 6.07 Å². The van der Waals surface area contributed by atoms with Crippen molar-refractivity contribution in [3.8, 4) is 0 Å². The molecule has 0 fully saturated rings. The molecule has 0 bridgehead atoms. The number of furan rings is 1. The van der Waals surface area contributed by atoms with Gasteiger partial charge in [0.15, 0.2) is 0 Å². The first-order valence-corrected chi connectivity index (χ1v) is 8.69. The van der Waals surface area contributed by atoms with Crippen molar-refractivity contribution in [1.29, 1.82) is 0 Å². The number of hydrogen-bond donors (Lipinski definition) is 2. The molecule has 0 unspecified atom stereocenters. The quantitative estimate of drug-likeness (QED) is 0.759. The summed E-state index contributed by atoms with van der Waals surface area (Å²) in [6.07, 6.45) is 0. The monoisotopic (exact) mass is 344 g/mol. The molecule has 0 atom stereocenters. The number of nitrogens with one attached hydrogen (secondary N) is 1. The second-order valence-electron chi connectivity index (χ2n) is 5.52. The van der Waals surface area contributed by atoms with Gasteiger partial charge in [-0.1, -0.05) is 18.2 Å². The van der Waals surface area contributed by atoms with Gasteiger partial charge in [-0.05, 0) is 49.2 Å². The number of para-hydroxylation sites is 1. The molecule has 1 aromatic heterocycles. The van der Waals surface area contributed by atoms with Gasteiger partial charge in [0.25, 0.3) is 15.9 Å². The van der Waals surface area contributed by atoms with Crippen LogP contribution >= 0.6 is 0 Å². The molecule has 0 saturated heterocycles. The van der Waals surface area contributed by atoms with Crippen molar-refractivity contribution in [2.75, 3.05) is 4.72 Å². The van der Waals surface area contributed by atoms with E-state index in [0.29, 0.717) is 11.0 Å². The standard InChI is InChI=1S/C17H16N2O4S/c1-10-7-8-12(9-11(10)2)24(21,22)19-15-13-5-3-4-6-14(13)23-16(15)17(18)20/h3-9,19H,1-2H3,(H2,18,20). The zero-order valence-corrected chi connectivity index (χ0v) is 14.0. The number of nitrogens with two attached hydrogens (primary N) is 1. The van der Waals surface area contributed by atoms with Gasteiger partial charge in [0.1, 0.15) is 11.3 Å². The van der Waals surface area contributed by atoms with Crippen molar-refractivity contribution >= 4 is 32.6 Å². The molecule has 2 aromatic carbocycles. The Hall–Kier alpha value is -2.80. The zero-order valence-electron chi connectivity index (χ0n) is 13.2. The molecule has 7 heteroatoms. The molecule has 0 saturated carbocycles. The molecule has 0 aliphatic heterocycles. The summed E-state index contributed by atoms with van der Waals surface area (Å²) in [4.78, 5) is 11.7. The molecule has 24 heavy (non-hydrogen) atoms. The minimum absolute atomic E-state index is 0.0522. The third-order valence-corrected chi connectivity index (χ3v) is 5.19. The molecule has 1 heterocycles. The molecule has 6 nitrogen and oxygen atoms in total. The van der Waals surface area contributed by atoms with Crippen LogP contribution in [0, 0.1) is 13.8 Å². The Morgan fingerprint density at radius 3 is 2.46 bits per heavy atom. The first-order chi connectivity index (χ1) is 11.3. The average Bonchev–Trinajstić information content (AvgIpc) is 2.88. The van der Waals surface area contributed by atoms with Gasteiger partial charge in [0.2, 0.25) is 5.76 Å². The van der Waals surface area contributed by atoms with E-state index in [1.807, 2.05) is 13.8 Å². The second-order valence-corrected chi connectivity index (χ2v) is 7.20. The van der Waals surface area contributed by atoms with Gasteiger partial charge < -0.3 is 10.2 Å². The predicted octanol–water partition coefficient (Wildman–Crippen LogP) is 2.95. The number of anilines is 1. The molecular weight excluding hydrogens is 328 g/mol. The third kappa shape index (κ3) is 2.74. The summed E-state index contributed by atoms with van der Waals surface area (Å²) in [5, 5.41) is 0.471. The van der Waals surface area contributed by atoms with Crippen LogP contribution in [0.2, 0.25) is 0 Å². The largest absolute Gasteiger partial charge is 0.449 e. The van der Waals surface area contributed by atoms with Crippen LogP contribution < -0.4 is 10.5 Å². The summed E-state index contributed by atoms with van der Waals surface area (Å²) in [6.45, 7) is 3.73. The molecule has 0 spiro atoms. The second kappa shape index (κ2) is 5.68. The highest BCUT2D eigenvalue weighted by molar-refractivity contribution is 7.92. The van der Waals surface area contributed by atoms with E-state index in [-0.39, 0.29) is 16.3 Å². The van der Waals surface area contributed by atoms with Crippen molar-refractivity contribution in [3.63, 3.8) is 0 Å². The summed E-state index contributed by atoms with van der Waals surface area (Å²) in [7, 11) is -3.89. The zero-order chi connectivity index (χ0) is 17.5. The number of carbonyl (C=O) groups excluding carboxylic acids is 1. The highest BCUT2D eigenvalue weighted by Gasteiger charge is 2.24. The summed E-state index contributed by atoms with van der Waals surface area (Å²) >= 11 is 0. The van der Waals surface area contributed by atoms with E-state index in [1.54, 1.807) is 36.4 Å². The molecule has 124 valence electrons. The fraction of sp³-hybridized carbons (Fsp3) is 0.118. The molecule has 0 aliphatic rings. The van der Waals surface area contributed by atoms with Crippen molar-refractivity contribution in [3.05, 3.63) is 59.4 Å². The van der Waals surface area contributed by atoms with Gasteiger partial charge in [-0.25, -0.2) is 8.42 Å². The van der Waals surface area contributed by atoms with Crippen molar-refractivity contribution < 1.29 is 17.6 Å². The van der Waals surface area contributed by atoms with E-state index in [9.17, 15) is 13.2 Å². The Morgan fingerprint density at radius 1 is 1.08 bits per heavy atom. The lowest BCUT2D eigenvalue weighted by Gasteiger charge is -2.09. The lowest BCUT2D eigenvalue weighted by atomic mass is 10.1. The number of primary amides is 1. The lowest BCUT2D eigenvalue weighted by Crippen LogP contribution is -2.17. The minimum Gasteiger partial charge on any atom is -0.449 e. The first kappa shape index (κ1) is 16.1. The Kier molecular flexibility index (Phi) is 3.81. The van der Waals surface area contributed by atoms with E-state index >= 15 is 0 Å². The van der Waals surface area contributed by atoms with Crippen LogP contribution in [0.5, 0.6) is 0 Å². The number of fused-ring (bicyclic) bond motifs is 1. The fourth-order valence-electron chi connectivity index (χ4n) is 2.39. The summed E-state index contributed by atoms with van der Waals surface area (Å²) in [6, 6.07) is 11.5. The Labute approximate surface area is 139 Å². The van der Waals surface area contributed by atoms with Gasteiger partial charge in [-0.2, -0.15) is 0 Å². The maximum absolute atomic E-state index is 12.7. The van der Waals surface area contributed by atoms with Gasteiger partial charge in [-0.3, -0.25) is 9.52 Å². The van der Waals surface area contributed by atoms with Crippen LogP contribution in [0.4, 0.5) is 5.69 Å². The number of hydrogen-bond acceptors (Lipinski definition) is 4. The van der Waals surface area contributed by atoms with Crippen LogP contribution in [-0.2, 0) is 10.0 Å². The Morgan fingerprint density at radius 2 is 1.79 bits per heavy atom. The third-order valence-electron chi connectivity index (χ3n) is 3.84. The summed E-state index contributed by atoms with van der Waals surface area (Å²) in [5.41, 5.74) is 7.58. The van der Waals surface area contributed by atoms with Gasteiger partial charge in [0, 0.05) is 5.39 Å². The van der Waals surface area contributed by atoms with Gasteiger partial charge >= 0.3 is 0 Å².